The van der Waals surface area contributed by atoms with Crippen LogP contribution in [0.5, 0.6) is 0 Å². The molecule has 1 N–H and O–H groups in total. The number of rotatable bonds is 4. The molecule has 0 saturated heterocycles. The third-order valence-corrected chi connectivity index (χ3v) is 4.79. The van der Waals surface area contributed by atoms with Crippen LogP contribution < -0.4 is 0 Å². The quantitative estimate of drug-likeness (QED) is 0.857. The number of carboxylic acids is 1. The van der Waals surface area contributed by atoms with Crippen LogP contribution in [0.25, 0.3) is 0 Å². The predicted octanol–water partition coefficient (Wildman–Crippen LogP) is 4.19. The smallest absolute Gasteiger partial charge is 0.371 e. The lowest BCUT2D eigenvalue weighted by atomic mass is 9.84. The van der Waals surface area contributed by atoms with Gasteiger partial charge in [-0.25, -0.2) is 4.79 Å². The molecule has 0 fully saturated rings. The molecule has 1 unspecified atom stereocenters. The molecule has 3 nitrogen and oxygen atoms in total. The van der Waals surface area contributed by atoms with Crippen LogP contribution in [-0.4, -0.2) is 16.8 Å². The Bertz CT molecular complexity index is 618. The highest BCUT2D eigenvalue weighted by Gasteiger charge is 2.20. The molecule has 2 aromatic rings. The van der Waals surface area contributed by atoms with Crippen molar-refractivity contribution in [3.05, 3.63) is 53.3 Å². The summed E-state index contributed by atoms with van der Waals surface area (Å²) < 4.78 is 5.29. The summed E-state index contributed by atoms with van der Waals surface area (Å²) in [6.07, 6.45) is 3.58. The van der Waals surface area contributed by atoms with Crippen molar-refractivity contribution in [3.63, 3.8) is 0 Å². The fourth-order valence-electron chi connectivity index (χ4n) is 2.72. The lowest BCUT2D eigenvalue weighted by Crippen LogP contribution is -2.11. The van der Waals surface area contributed by atoms with Crippen LogP contribution in [-0.2, 0) is 6.42 Å². The minimum atomic E-state index is -1.01. The average molecular weight is 288 g/mol. The summed E-state index contributed by atoms with van der Waals surface area (Å²) in [5.74, 6) is 0.462. The van der Waals surface area contributed by atoms with Crippen molar-refractivity contribution < 1.29 is 14.3 Å². The standard InChI is InChI=1S/C16H16O3S/c17-16(18)14-8-9-15(19-14)20-10-12-6-3-5-11-4-1-2-7-13(11)12/h1-2,4,7-9,12H,3,5-6,10H2,(H,17,18). The summed E-state index contributed by atoms with van der Waals surface area (Å²) in [4.78, 5) is 10.8. The molecule has 3 rings (SSSR count). The van der Waals surface area contributed by atoms with Gasteiger partial charge in [0.25, 0.3) is 0 Å². The average Bonchev–Trinajstić information content (AvgIpc) is 2.94. The number of hydrogen-bond acceptors (Lipinski definition) is 3. The number of carboxylic acid groups (broad SMARTS) is 1. The number of hydrogen-bond donors (Lipinski definition) is 1. The zero-order valence-corrected chi connectivity index (χ0v) is 11.9. The molecule has 0 aliphatic heterocycles. The van der Waals surface area contributed by atoms with Gasteiger partial charge in [-0.2, -0.15) is 0 Å². The summed E-state index contributed by atoms with van der Waals surface area (Å²) in [6, 6.07) is 11.9. The van der Waals surface area contributed by atoms with Gasteiger partial charge in [-0.15, -0.1) is 0 Å². The lowest BCUT2D eigenvalue weighted by molar-refractivity contribution is 0.0656. The van der Waals surface area contributed by atoms with Gasteiger partial charge in [0.15, 0.2) is 5.09 Å². The highest BCUT2D eigenvalue weighted by Crippen LogP contribution is 2.36. The Kier molecular flexibility index (Phi) is 3.83. The van der Waals surface area contributed by atoms with Crippen LogP contribution in [0.15, 0.2) is 45.9 Å². The van der Waals surface area contributed by atoms with Gasteiger partial charge in [-0.1, -0.05) is 36.0 Å². The van der Waals surface area contributed by atoms with Crippen LogP contribution >= 0.6 is 11.8 Å². The van der Waals surface area contributed by atoms with E-state index in [1.807, 2.05) is 0 Å². The molecule has 0 radical (unpaired) electrons. The first-order valence-electron chi connectivity index (χ1n) is 6.78. The highest BCUT2D eigenvalue weighted by atomic mass is 32.2. The second-order valence-corrected chi connectivity index (χ2v) is 6.05. The van der Waals surface area contributed by atoms with E-state index in [-0.39, 0.29) is 5.76 Å². The summed E-state index contributed by atoms with van der Waals surface area (Å²) in [5.41, 5.74) is 2.89. The molecule has 1 atom stereocenters. The molecule has 104 valence electrons. The summed E-state index contributed by atoms with van der Waals surface area (Å²) in [7, 11) is 0. The van der Waals surface area contributed by atoms with Crippen LogP contribution in [0, 0.1) is 0 Å². The fraction of sp³-hybridized carbons (Fsp3) is 0.312. The van der Waals surface area contributed by atoms with Crippen LogP contribution in [0.4, 0.5) is 0 Å². The minimum absolute atomic E-state index is 0.0107. The number of aromatic carboxylic acids is 1. The maximum atomic E-state index is 10.8. The number of carbonyl (C=O) groups is 1. The Morgan fingerprint density at radius 1 is 1.30 bits per heavy atom. The lowest BCUT2D eigenvalue weighted by Gasteiger charge is -2.24. The van der Waals surface area contributed by atoms with E-state index >= 15 is 0 Å². The van der Waals surface area contributed by atoms with Gasteiger partial charge in [0.05, 0.1) is 0 Å². The number of aryl methyl sites for hydroxylation is 1. The van der Waals surface area contributed by atoms with E-state index in [2.05, 4.69) is 24.3 Å². The number of thioether (sulfide) groups is 1. The van der Waals surface area contributed by atoms with Gasteiger partial charge in [-0.3, -0.25) is 0 Å². The molecule has 1 aliphatic carbocycles. The molecule has 1 heterocycles. The van der Waals surface area contributed by atoms with Crippen molar-refractivity contribution in [1.82, 2.24) is 0 Å². The van der Waals surface area contributed by atoms with Gasteiger partial charge in [0, 0.05) is 5.75 Å². The largest absolute Gasteiger partial charge is 0.475 e. The zero-order valence-electron chi connectivity index (χ0n) is 11.0. The van der Waals surface area contributed by atoms with Gasteiger partial charge in [0.1, 0.15) is 0 Å². The second kappa shape index (κ2) is 5.75. The maximum Gasteiger partial charge on any atom is 0.371 e. The Morgan fingerprint density at radius 2 is 2.15 bits per heavy atom. The highest BCUT2D eigenvalue weighted by molar-refractivity contribution is 7.99. The van der Waals surface area contributed by atoms with Crippen molar-refractivity contribution in [1.29, 1.82) is 0 Å². The molecule has 0 bridgehead atoms. The molecule has 1 aromatic heterocycles. The molecule has 0 amide bonds. The third kappa shape index (κ3) is 2.75. The molecular weight excluding hydrogens is 272 g/mol. The Balaban J connectivity index is 1.68. The van der Waals surface area contributed by atoms with Gasteiger partial charge < -0.3 is 9.52 Å². The molecule has 4 heteroatoms. The number of furan rings is 1. The molecule has 1 aliphatic rings. The molecule has 20 heavy (non-hydrogen) atoms. The normalized spacial score (nSPS) is 17.7. The first kappa shape index (κ1) is 13.3. The van der Waals surface area contributed by atoms with E-state index in [0.717, 1.165) is 5.75 Å². The van der Waals surface area contributed by atoms with E-state index in [1.165, 1.54) is 36.5 Å². The first-order valence-corrected chi connectivity index (χ1v) is 7.76. The van der Waals surface area contributed by atoms with Crippen molar-refractivity contribution >= 4 is 17.7 Å². The molecule has 0 spiro atoms. The SMILES string of the molecule is O=C(O)c1ccc(SCC2CCCc3ccccc32)o1. The summed E-state index contributed by atoms with van der Waals surface area (Å²) >= 11 is 1.60. The van der Waals surface area contributed by atoms with Crippen LogP contribution in [0.1, 0.15) is 40.4 Å². The third-order valence-electron chi connectivity index (χ3n) is 3.71. The monoisotopic (exact) mass is 288 g/mol. The van der Waals surface area contributed by atoms with E-state index in [4.69, 9.17) is 9.52 Å². The minimum Gasteiger partial charge on any atom is -0.475 e. The molecular formula is C16H16O3S. The molecule has 0 saturated carbocycles. The van der Waals surface area contributed by atoms with Crippen molar-refractivity contribution in [2.45, 2.75) is 30.3 Å². The van der Waals surface area contributed by atoms with Gasteiger partial charge in [0.2, 0.25) is 5.76 Å². The van der Waals surface area contributed by atoms with Gasteiger partial charge >= 0.3 is 5.97 Å². The topological polar surface area (TPSA) is 50.4 Å². The summed E-state index contributed by atoms with van der Waals surface area (Å²) in [5, 5.41) is 9.53. The predicted molar refractivity (Wildman–Crippen MR) is 78.5 cm³/mol. The summed E-state index contributed by atoms with van der Waals surface area (Å²) in [6.45, 7) is 0. The number of benzene rings is 1. The van der Waals surface area contributed by atoms with Crippen molar-refractivity contribution in [2.24, 2.45) is 0 Å². The fourth-order valence-corrected chi connectivity index (χ4v) is 3.75. The Labute approximate surface area is 122 Å². The maximum absolute atomic E-state index is 10.8. The second-order valence-electron chi connectivity index (χ2n) is 5.02. The van der Waals surface area contributed by atoms with E-state index in [9.17, 15) is 4.79 Å². The van der Waals surface area contributed by atoms with Crippen molar-refractivity contribution in [2.75, 3.05) is 5.75 Å². The molecule has 1 aromatic carbocycles. The van der Waals surface area contributed by atoms with Gasteiger partial charge in [-0.05, 0) is 48.4 Å². The van der Waals surface area contributed by atoms with E-state index < -0.39 is 5.97 Å². The van der Waals surface area contributed by atoms with E-state index in [0.29, 0.717) is 11.0 Å². The zero-order chi connectivity index (χ0) is 13.9. The van der Waals surface area contributed by atoms with E-state index in [1.54, 1.807) is 17.8 Å². The van der Waals surface area contributed by atoms with Crippen LogP contribution in [0.3, 0.4) is 0 Å². The Morgan fingerprint density at radius 3 is 2.95 bits per heavy atom. The number of fused-ring (bicyclic) bond motifs is 1. The van der Waals surface area contributed by atoms with Crippen molar-refractivity contribution in [3.8, 4) is 0 Å². The van der Waals surface area contributed by atoms with Crippen LogP contribution in [0.2, 0.25) is 0 Å². The first-order chi connectivity index (χ1) is 9.74. The Hall–Kier alpha value is -1.68.